The number of anilines is 1. The van der Waals surface area contributed by atoms with Gasteiger partial charge in [-0.2, -0.15) is 9.61 Å². The van der Waals surface area contributed by atoms with Gasteiger partial charge in [0, 0.05) is 12.8 Å². The molecule has 2 aromatic rings. The SMILES string of the molecule is Cc1cc(NCCS(C)(=O)=O)n2ncnc2c1. The normalized spacial score (nSPS) is 11.9. The number of aryl methyl sites for hydroxylation is 1. The molecule has 0 spiro atoms. The van der Waals surface area contributed by atoms with Crippen molar-refractivity contribution in [1.82, 2.24) is 14.6 Å². The van der Waals surface area contributed by atoms with E-state index in [2.05, 4.69) is 15.4 Å². The minimum absolute atomic E-state index is 0.0944. The first kappa shape index (κ1) is 11.8. The molecule has 0 aliphatic rings. The van der Waals surface area contributed by atoms with Gasteiger partial charge in [-0.25, -0.2) is 13.4 Å². The van der Waals surface area contributed by atoms with Gasteiger partial charge in [0.1, 0.15) is 22.0 Å². The molecule has 2 aromatic heterocycles. The Morgan fingerprint density at radius 3 is 2.88 bits per heavy atom. The molecule has 0 aromatic carbocycles. The highest BCUT2D eigenvalue weighted by atomic mass is 32.2. The predicted octanol–water partition coefficient (Wildman–Crippen LogP) is 0.494. The third-order valence-electron chi connectivity index (χ3n) is 2.30. The third-order valence-corrected chi connectivity index (χ3v) is 3.25. The molecule has 0 radical (unpaired) electrons. The molecular weight excluding hydrogens is 240 g/mol. The van der Waals surface area contributed by atoms with Crippen LogP contribution in [0.5, 0.6) is 0 Å². The summed E-state index contributed by atoms with van der Waals surface area (Å²) in [6.07, 6.45) is 2.69. The van der Waals surface area contributed by atoms with E-state index in [0.717, 1.165) is 17.0 Å². The second kappa shape index (κ2) is 4.33. The number of aromatic nitrogens is 3. The van der Waals surface area contributed by atoms with Crippen molar-refractivity contribution in [2.24, 2.45) is 0 Å². The fourth-order valence-electron chi connectivity index (χ4n) is 1.55. The number of hydrogen-bond donors (Lipinski definition) is 1. The summed E-state index contributed by atoms with van der Waals surface area (Å²) in [5.41, 5.74) is 1.79. The maximum atomic E-state index is 11.0. The fourth-order valence-corrected chi connectivity index (χ4v) is 2.02. The molecule has 2 heterocycles. The zero-order valence-electron chi connectivity index (χ0n) is 9.71. The van der Waals surface area contributed by atoms with Crippen LogP contribution in [0.1, 0.15) is 5.56 Å². The standard InChI is InChI=1S/C10H14N4O2S/c1-8-5-9(11-3-4-17(2,15)16)14-10(6-8)12-7-13-14/h5-7,11H,3-4H2,1-2H3. The van der Waals surface area contributed by atoms with Gasteiger partial charge in [-0.3, -0.25) is 0 Å². The van der Waals surface area contributed by atoms with Gasteiger partial charge < -0.3 is 5.32 Å². The van der Waals surface area contributed by atoms with E-state index < -0.39 is 9.84 Å². The first-order valence-electron chi connectivity index (χ1n) is 5.18. The maximum Gasteiger partial charge on any atom is 0.157 e. The molecular formula is C10H14N4O2S. The number of rotatable bonds is 4. The van der Waals surface area contributed by atoms with Crippen LogP contribution in [0.3, 0.4) is 0 Å². The van der Waals surface area contributed by atoms with E-state index in [1.807, 2.05) is 19.1 Å². The largest absolute Gasteiger partial charge is 0.369 e. The molecule has 0 saturated heterocycles. The van der Waals surface area contributed by atoms with Gasteiger partial charge in [0.15, 0.2) is 5.65 Å². The van der Waals surface area contributed by atoms with Gasteiger partial charge in [-0.05, 0) is 24.6 Å². The highest BCUT2D eigenvalue weighted by molar-refractivity contribution is 7.90. The van der Waals surface area contributed by atoms with Gasteiger partial charge in [0.2, 0.25) is 0 Å². The highest BCUT2D eigenvalue weighted by Crippen LogP contribution is 2.12. The molecule has 1 N–H and O–H groups in total. The lowest BCUT2D eigenvalue weighted by Crippen LogP contribution is -2.16. The summed E-state index contributed by atoms with van der Waals surface area (Å²) in [6.45, 7) is 2.31. The van der Waals surface area contributed by atoms with Crippen molar-refractivity contribution in [2.45, 2.75) is 6.92 Å². The van der Waals surface area contributed by atoms with E-state index >= 15 is 0 Å². The van der Waals surface area contributed by atoms with Crippen molar-refractivity contribution in [2.75, 3.05) is 23.9 Å². The minimum Gasteiger partial charge on any atom is -0.369 e. The Balaban J connectivity index is 2.20. The zero-order valence-corrected chi connectivity index (χ0v) is 10.5. The summed E-state index contributed by atoms with van der Waals surface area (Å²) < 4.78 is 23.7. The van der Waals surface area contributed by atoms with E-state index in [1.165, 1.54) is 12.6 Å². The number of nitrogens with one attached hydrogen (secondary N) is 1. The van der Waals surface area contributed by atoms with Crippen LogP contribution in [0.2, 0.25) is 0 Å². The smallest absolute Gasteiger partial charge is 0.157 e. The van der Waals surface area contributed by atoms with Crippen molar-refractivity contribution < 1.29 is 8.42 Å². The Kier molecular flexibility index (Phi) is 3.01. The maximum absolute atomic E-state index is 11.0. The zero-order chi connectivity index (χ0) is 12.5. The van der Waals surface area contributed by atoms with Crippen LogP contribution < -0.4 is 5.32 Å². The molecule has 2 rings (SSSR count). The van der Waals surface area contributed by atoms with Crippen LogP contribution in [0.25, 0.3) is 5.65 Å². The molecule has 0 saturated carbocycles. The number of sulfone groups is 1. The number of nitrogens with zero attached hydrogens (tertiary/aromatic N) is 3. The molecule has 0 unspecified atom stereocenters. The van der Waals surface area contributed by atoms with Gasteiger partial charge in [-0.1, -0.05) is 0 Å². The molecule has 0 aliphatic heterocycles. The minimum atomic E-state index is -2.95. The summed E-state index contributed by atoms with van der Waals surface area (Å²) >= 11 is 0. The first-order chi connectivity index (χ1) is 7.96. The van der Waals surface area contributed by atoms with E-state index in [0.29, 0.717) is 6.54 Å². The molecule has 0 bridgehead atoms. The van der Waals surface area contributed by atoms with Gasteiger partial charge in [-0.15, -0.1) is 0 Å². The second-order valence-electron chi connectivity index (χ2n) is 4.00. The third kappa shape index (κ3) is 2.94. The molecule has 0 atom stereocenters. The molecule has 0 aliphatic carbocycles. The van der Waals surface area contributed by atoms with Gasteiger partial charge in [0.25, 0.3) is 0 Å². The second-order valence-corrected chi connectivity index (χ2v) is 6.26. The van der Waals surface area contributed by atoms with E-state index in [1.54, 1.807) is 4.52 Å². The molecule has 17 heavy (non-hydrogen) atoms. The van der Waals surface area contributed by atoms with Crippen LogP contribution in [0, 0.1) is 6.92 Å². The number of pyridine rings is 1. The molecule has 0 fully saturated rings. The van der Waals surface area contributed by atoms with E-state index in [-0.39, 0.29) is 5.75 Å². The van der Waals surface area contributed by atoms with Gasteiger partial charge >= 0.3 is 0 Å². The fraction of sp³-hybridized carbons (Fsp3) is 0.400. The Morgan fingerprint density at radius 1 is 1.41 bits per heavy atom. The summed E-state index contributed by atoms with van der Waals surface area (Å²) in [7, 11) is -2.95. The van der Waals surface area contributed by atoms with Crippen LogP contribution in [0.15, 0.2) is 18.5 Å². The lowest BCUT2D eigenvalue weighted by Gasteiger charge is -2.08. The topological polar surface area (TPSA) is 76.4 Å². The van der Waals surface area contributed by atoms with Crippen LogP contribution in [-0.4, -0.2) is 41.6 Å². The quantitative estimate of drug-likeness (QED) is 0.859. The van der Waals surface area contributed by atoms with Crippen molar-refractivity contribution >= 4 is 21.3 Å². The molecule has 7 heteroatoms. The molecule has 0 amide bonds. The Morgan fingerprint density at radius 2 is 2.18 bits per heavy atom. The van der Waals surface area contributed by atoms with Crippen LogP contribution >= 0.6 is 0 Å². The van der Waals surface area contributed by atoms with Crippen molar-refractivity contribution in [3.8, 4) is 0 Å². The summed E-state index contributed by atoms with van der Waals surface area (Å²) in [6, 6.07) is 3.82. The monoisotopic (exact) mass is 254 g/mol. The summed E-state index contributed by atoms with van der Waals surface area (Å²) in [4.78, 5) is 4.09. The lowest BCUT2D eigenvalue weighted by molar-refractivity contribution is 0.602. The molecule has 6 nitrogen and oxygen atoms in total. The summed E-state index contributed by atoms with van der Waals surface area (Å²) in [5, 5.41) is 7.12. The van der Waals surface area contributed by atoms with Crippen LogP contribution in [-0.2, 0) is 9.84 Å². The van der Waals surface area contributed by atoms with E-state index in [9.17, 15) is 8.42 Å². The van der Waals surface area contributed by atoms with Crippen LogP contribution in [0.4, 0.5) is 5.82 Å². The van der Waals surface area contributed by atoms with Gasteiger partial charge in [0.05, 0.1) is 5.75 Å². The average molecular weight is 254 g/mol. The first-order valence-corrected chi connectivity index (χ1v) is 7.24. The average Bonchev–Trinajstić information content (AvgIpc) is 2.63. The highest BCUT2D eigenvalue weighted by Gasteiger charge is 2.05. The Bertz CT molecular complexity index is 633. The Labute approximate surface area is 99.6 Å². The van der Waals surface area contributed by atoms with Crippen molar-refractivity contribution in [1.29, 1.82) is 0 Å². The van der Waals surface area contributed by atoms with E-state index in [4.69, 9.17) is 0 Å². The predicted molar refractivity (Wildman–Crippen MR) is 65.9 cm³/mol. The number of hydrogen-bond acceptors (Lipinski definition) is 5. The summed E-state index contributed by atoms with van der Waals surface area (Å²) in [5.74, 6) is 0.845. The van der Waals surface area contributed by atoms with Crippen molar-refractivity contribution in [3.05, 3.63) is 24.0 Å². The lowest BCUT2D eigenvalue weighted by atomic mass is 10.3. The van der Waals surface area contributed by atoms with Crippen molar-refractivity contribution in [3.63, 3.8) is 0 Å². The Hall–Kier alpha value is -1.63. The molecule has 92 valence electrons. The number of fused-ring (bicyclic) bond motifs is 1.